The van der Waals surface area contributed by atoms with Gasteiger partial charge >= 0.3 is 0 Å². The van der Waals surface area contributed by atoms with Gasteiger partial charge < -0.3 is 9.64 Å². The lowest BCUT2D eigenvalue weighted by atomic mass is 9.96. The van der Waals surface area contributed by atoms with Crippen molar-refractivity contribution in [2.24, 2.45) is 0 Å². The van der Waals surface area contributed by atoms with Crippen LogP contribution in [0.2, 0.25) is 0 Å². The molecule has 27 heavy (non-hydrogen) atoms. The van der Waals surface area contributed by atoms with Crippen LogP contribution in [0.5, 0.6) is 5.75 Å². The molecule has 2 aliphatic rings. The number of carbonyl (C=O) groups is 1. The lowest BCUT2D eigenvalue weighted by Crippen LogP contribution is -2.49. The highest BCUT2D eigenvalue weighted by Gasteiger charge is 2.47. The van der Waals surface area contributed by atoms with Gasteiger partial charge in [0.05, 0.1) is 12.7 Å². The van der Waals surface area contributed by atoms with E-state index in [-0.39, 0.29) is 5.91 Å². The summed E-state index contributed by atoms with van der Waals surface area (Å²) >= 11 is 0. The van der Waals surface area contributed by atoms with Gasteiger partial charge in [0.25, 0.3) is 5.91 Å². The van der Waals surface area contributed by atoms with Crippen molar-refractivity contribution in [3.63, 3.8) is 0 Å². The average molecular weight is 365 g/mol. The first-order valence-electron chi connectivity index (χ1n) is 9.62. The molecule has 1 aromatic heterocycles. The van der Waals surface area contributed by atoms with E-state index in [0.29, 0.717) is 23.7 Å². The maximum atomic E-state index is 12.8. The number of likely N-dealkylation sites (tertiary alicyclic amines) is 2. The molecular formula is C22H27N3O2. The van der Waals surface area contributed by atoms with Crippen LogP contribution in [0.25, 0.3) is 0 Å². The zero-order chi connectivity index (χ0) is 19.1. The summed E-state index contributed by atoms with van der Waals surface area (Å²) in [6, 6.07) is 8.99. The Labute approximate surface area is 161 Å². The normalized spacial score (nSPS) is 22.9. The molecule has 2 saturated heterocycles. The number of aromatic nitrogens is 1. The zero-order valence-corrected chi connectivity index (χ0v) is 16.5. The number of fused-ring (bicyclic) bond motifs is 2. The Hall–Kier alpha value is -2.40. The first-order chi connectivity index (χ1) is 13.0. The van der Waals surface area contributed by atoms with Gasteiger partial charge in [0.2, 0.25) is 0 Å². The number of methoxy groups -OCH3 is 1. The van der Waals surface area contributed by atoms with Crippen LogP contribution in [-0.2, 0) is 0 Å². The van der Waals surface area contributed by atoms with E-state index in [0.717, 1.165) is 25.3 Å². The maximum Gasteiger partial charge on any atom is 0.255 e. The van der Waals surface area contributed by atoms with Gasteiger partial charge in [-0.1, -0.05) is 6.07 Å². The number of rotatable bonds is 4. The second-order valence-corrected chi connectivity index (χ2v) is 7.72. The molecule has 0 saturated carbocycles. The van der Waals surface area contributed by atoms with E-state index in [2.05, 4.69) is 42.8 Å². The highest BCUT2D eigenvalue weighted by Crippen LogP contribution is 2.39. The van der Waals surface area contributed by atoms with Crippen LogP contribution >= 0.6 is 0 Å². The number of nitrogens with zero attached hydrogens (tertiary/aromatic N) is 3. The molecule has 5 heteroatoms. The summed E-state index contributed by atoms with van der Waals surface area (Å²) in [5.74, 6) is 1.05. The summed E-state index contributed by atoms with van der Waals surface area (Å²) in [4.78, 5) is 21.5. The van der Waals surface area contributed by atoms with Crippen LogP contribution in [-0.4, -0.2) is 53.0 Å². The van der Waals surface area contributed by atoms with Gasteiger partial charge in [-0.3, -0.25) is 14.7 Å². The molecule has 3 atom stereocenters. The summed E-state index contributed by atoms with van der Waals surface area (Å²) in [5, 5.41) is 0. The van der Waals surface area contributed by atoms with Crippen molar-refractivity contribution >= 4 is 5.91 Å². The fourth-order valence-corrected chi connectivity index (χ4v) is 4.75. The van der Waals surface area contributed by atoms with E-state index < -0.39 is 0 Å². The summed E-state index contributed by atoms with van der Waals surface area (Å²) < 4.78 is 5.45. The lowest BCUT2D eigenvalue weighted by molar-refractivity contribution is 0.0568. The van der Waals surface area contributed by atoms with Crippen LogP contribution in [0.1, 0.15) is 46.4 Å². The fourth-order valence-electron chi connectivity index (χ4n) is 4.75. The molecule has 2 bridgehead atoms. The summed E-state index contributed by atoms with van der Waals surface area (Å²) in [6.45, 7) is 8.31. The zero-order valence-electron chi connectivity index (χ0n) is 16.5. The first-order valence-corrected chi connectivity index (χ1v) is 9.62. The molecule has 5 nitrogen and oxygen atoms in total. The van der Waals surface area contributed by atoms with Crippen LogP contribution in [0.4, 0.5) is 0 Å². The molecule has 2 fully saturated rings. The molecular weight excluding hydrogens is 338 g/mol. The lowest BCUT2D eigenvalue weighted by Gasteiger charge is -2.38. The Kier molecular flexibility index (Phi) is 4.64. The van der Waals surface area contributed by atoms with Crippen molar-refractivity contribution in [2.75, 3.05) is 20.2 Å². The molecule has 4 rings (SSSR count). The highest BCUT2D eigenvalue weighted by molar-refractivity contribution is 5.94. The van der Waals surface area contributed by atoms with Gasteiger partial charge in [0, 0.05) is 43.6 Å². The SMILES string of the molecule is COc1ccc([C@H](C)N2C[C@H]3C[C@@H]2CN3C(=O)c2cccnc2)c(C)c1C. The number of ether oxygens (including phenoxy) is 1. The van der Waals surface area contributed by atoms with Gasteiger partial charge in [-0.2, -0.15) is 0 Å². The topological polar surface area (TPSA) is 45.7 Å². The largest absolute Gasteiger partial charge is 0.496 e. The summed E-state index contributed by atoms with van der Waals surface area (Å²) in [6.07, 6.45) is 4.43. The van der Waals surface area contributed by atoms with E-state index in [1.54, 1.807) is 19.5 Å². The van der Waals surface area contributed by atoms with Gasteiger partial charge in [-0.15, -0.1) is 0 Å². The number of benzene rings is 1. The Bertz CT molecular complexity index is 852. The number of pyridine rings is 1. The van der Waals surface area contributed by atoms with Crippen LogP contribution in [0.15, 0.2) is 36.7 Å². The number of carbonyl (C=O) groups excluding carboxylic acids is 1. The Balaban J connectivity index is 1.50. The van der Waals surface area contributed by atoms with Crippen LogP contribution in [0, 0.1) is 13.8 Å². The molecule has 0 N–H and O–H groups in total. The van der Waals surface area contributed by atoms with E-state index in [4.69, 9.17) is 4.74 Å². The van der Waals surface area contributed by atoms with Gasteiger partial charge in [0.1, 0.15) is 5.75 Å². The number of amides is 1. The quantitative estimate of drug-likeness (QED) is 0.833. The Morgan fingerprint density at radius 3 is 2.63 bits per heavy atom. The van der Waals surface area contributed by atoms with Crippen molar-refractivity contribution in [3.8, 4) is 5.75 Å². The Morgan fingerprint density at radius 1 is 1.19 bits per heavy atom. The molecule has 1 aromatic carbocycles. The minimum Gasteiger partial charge on any atom is -0.496 e. The number of hydrogen-bond donors (Lipinski definition) is 0. The minimum absolute atomic E-state index is 0.111. The van der Waals surface area contributed by atoms with E-state index >= 15 is 0 Å². The van der Waals surface area contributed by atoms with E-state index in [9.17, 15) is 4.79 Å². The smallest absolute Gasteiger partial charge is 0.255 e. The standard InChI is InChI=1S/C22H27N3O2/c1-14-15(2)21(27-4)8-7-20(14)16(3)24-12-19-10-18(24)13-25(19)22(26)17-6-5-9-23-11-17/h5-9,11,16,18-19H,10,12-13H2,1-4H3/t16-,18+,19+/m0/s1. The summed E-state index contributed by atoms with van der Waals surface area (Å²) in [5.41, 5.74) is 4.55. The van der Waals surface area contributed by atoms with Crippen molar-refractivity contribution in [3.05, 3.63) is 58.9 Å². The van der Waals surface area contributed by atoms with Crippen LogP contribution in [0.3, 0.4) is 0 Å². The van der Waals surface area contributed by atoms with Gasteiger partial charge in [0.15, 0.2) is 0 Å². The highest BCUT2D eigenvalue weighted by atomic mass is 16.5. The van der Waals surface area contributed by atoms with Crippen molar-refractivity contribution < 1.29 is 9.53 Å². The number of hydrogen-bond acceptors (Lipinski definition) is 4. The molecule has 2 aliphatic heterocycles. The predicted molar refractivity (Wildman–Crippen MR) is 105 cm³/mol. The molecule has 0 aliphatic carbocycles. The van der Waals surface area contributed by atoms with Gasteiger partial charge in [-0.25, -0.2) is 0 Å². The molecule has 1 amide bonds. The fraction of sp³-hybridized carbons (Fsp3) is 0.455. The summed E-state index contributed by atoms with van der Waals surface area (Å²) in [7, 11) is 1.72. The number of piperazine rings is 1. The predicted octanol–water partition coefficient (Wildman–Crippen LogP) is 3.37. The molecule has 142 valence electrons. The first kappa shape index (κ1) is 18.0. The van der Waals surface area contributed by atoms with Crippen molar-refractivity contribution in [1.82, 2.24) is 14.8 Å². The van der Waals surface area contributed by atoms with Crippen molar-refractivity contribution in [2.45, 2.75) is 45.3 Å². The average Bonchev–Trinajstić information content (AvgIpc) is 3.30. The van der Waals surface area contributed by atoms with E-state index in [1.165, 1.54) is 16.7 Å². The van der Waals surface area contributed by atoms with Crippen molar-refractivity contribution in [1.29, 1.82) is 0 Å². The Morgan fingerprint density at radius 2 is 2.00 bits per heavy atom. The molecule has 0 radical (unpaired) electrons. The molecule has 3 heterocycles. The molecule has 2 aromatic rings. The third-order valence-corrected chi connectivity index (χ3v) is 6.40. The second-order valence-electron chi connectivity index (χ2n) is 7.72. The monoisotopic (exact) mass is 365 g/mol. The third-order valence-electron chi connectivity index (χ3n) is 6.40. The maximum absolute atomic E-state index is 12.8. The van der Waals surface area contributed by atoms with Crippen LogP contribution < -0.4 is 4.74 Å². The minimum atomic E-state index is 0.111. The van der Waals surface area contributed by atoms with Gasteiger partial charge in [-0.05, 0) is 62.1 Å². The molecule has 0 unspecified atom stereocenters. The molecule has 0 spiro atoms. The third kappa shape index (κ3) is 3.00. The van der Waals surface area contributed by atoms with E-state index in [1.807, 2.05) is 17.0 Å². The second kappa shape index (κ2) is 6.97.